The summed E-state index contributed by atoms with van der Waals surface area (Å²) in [5, 5.41) is 0. The Kier molecular flexibility index (Phi) is 4.39. The van der Waals surface area contributed by atoms with E-state index in [0.29, 0.717) is 17.1 Å². The maximum absolute atomic E-state index is 11.5. The van der Waals surface area contributed by atoms with Crippen molar-refractivity contribution in [2.45, 2.75) is 0 Å². The van der Waals surface area contributed by atoms with Crippen molar-refractivity contribution in [2.24, 2.45) is 0 Å². The second-order valence-corrected chi connectivity index (χ2v) is 2.96. The summed E-state index contributed by atoms with van der Waals surface area (Å²) >= 11 is 0. The molecule has 4 heteroatoms. The molecule has 0 fully saturated rings. The van der Waals surface area contributed by atoms with Gasteiger partial charge in [-0.15, -0.1) is 0 Å². The fourth-order valence-electron chi connectivity index (χ4n) is 1.18. The molecule has 0 spiro atoms. The van der Waals surface area contributed by atoms with Crippen LogP contribution in [0.1, 0.15) is 10.4 Å². The molecule has 0 aliphatic carbocycles. The van der Waals surface area contributed by atoms with E-state index >= 15 is 0 Å². The molecule has 0 saturated heterocycles. The quantitative estimate of drug-likeness (QED) is 0.565. The van der Waals surface area contributed by atoms with Gasteiger partial charge in [0.2, 0.25) is 0 Å². The molecule has 0 unspecified atom stereocenters. The van der Waals surface area contributed by atoms with Crippen molar-refractivity contribution in [1.29, 1.82) is 0 Å². The molecule has 86 valence electrons. The highest BCUT2D eigenvalue weighted by atomic mass is 16.5. The first-order chi connectivity index (χ1) is 7.72. The molecule has 1 aromatic carbocycles. The molecule has 0 N–H and O–H groups in total. The van der Waals surface area contributed by atoms with Crippen molar-refractivity contribution in [3.05, 3.63) is 36.4 Å². The highest BCUT2D eigenvalue weighted by Crippen LogP contribution is 2.27. The number of esters is 1. The van der Waals surface area contributed by atoms with Crippen LogP contribution in [0.2, 0.25) is 0 Å². The van der Waals surface area contributed by atoms with Crippen LogP contribution in [0.15, 0.2) is 30.9 Å². The van der Waals surface area contributed by atoms with Crippen molar-refractivity contribution < 1.29 is 19.0 Å². The number of methoxy groups -OCH3 is 2. The number of carbonyl (C=O) groups is 1. The number of benzene rings is 1. The predicted molar refractivity (Wildman–Crippen MR) is 60.0 cm³/mol. The van der Waals surface area contributed by atoms with Crippen molar-refractivity contribution in [2.75, 3.05) is 20.8 Å². The van der Waals surface area contributed by atoms with E-state index in [2.05, 4.69) is 6.58 Å². The molecule has 0 atom stereocenters. The summed E-state index contributed by atoms with van der Waals surface area (Å²) in [6.45, 7) is 3.65. The predicted octanol–water partition coefficient (Wildman–Crippen LogP) is 2.05. The Balaban J connectivity index is 2.89. The van der Waals surface area contributed by atoms with Crippen LogP contribution in [0.5, 0.6) is 11.5 Å². The largest absolute Gasteiger partial charge is 0.493 e. The summed E-state index contributed by atoms with van der Waals surface area (Å²) < 4.78 is 15.0. The maximum Gasteiger partial charge on any atom is 0.338 e. The normalized spacial score (nSPS) is 9.38. The van der Waals surface area contributed by atoms with E-state index in [-0.39, 0.29) is 6.61 Å². The van der Waals surface area contributed by atoms with Gasteiger partial charge in [0, 0.05) is 0 Å². The first-order valence-corrected chi connectivity index (χ1v) is 4.73. The number of rotatable bonds is 5. The summed E-state index contributed by atoms with van der Waals surface area (Å²) in [6.07, 6.45) is 1.51. The molecule has 16 heavy (non-hydrogen) atoms. The van der Waals surface area contributed by atoms with E-state index in [0.717, 1.165) is 0 Å². The van der Waals surface area contributed by atoms with Crippen molar-refractivity contribution in [1.82, 2.24) is 0 Å². The summed E-state index contributed by atoms with van der Waals surface area (Å²) in [5.41, 5.74) is 0.416. The van der Waals surface area contributed by atoms with Gasteiger partial charge in [-0.1, -0.05) is 12.7 Å². The third-order valence-corrected chi connectivity index (χ3v) is 1.95. The molecule has 4 nitrogen and oxygen atoms in total. The van der Waals surface area contributed by atoms with Crippen LogP contribution < -0.4 is 9.47 Å². The fourth-order valence-corrected chi connectivity index (χ4v) is 1.18. The molecular weight excluding hydrogens is 208 g/mol. The number of hydrogen-bond acceptors (Lipinski definition) is 4. The van der Waals surface area contributed by atoms with Crippen LogP contribution in [0.4, 0.5) is 0 Å². The van der Waals surface area contributed by atoms with Crippen LogP contribution in [-0.2, 0) is 4.74 Å². The average Bonchev–Trinajstić information content (AvgIpc) is 2.34. The Labute approximate surface area is 94.4 Å². The standard InChI is InChI=1S/C12H14O4/c1-4-7-16-12(13)9-5-6-10(14-2)11(8-9)15-3/h4-6,8H,1,7H2,2-3H3. The van der Waals surface area contributed by atoms with Gasteiger partial charge < -0.3 is 14.2 Å². The smallest absolute Gasteiger partial charge is 0.338 e. The fraction of sp³-hybridized carbons (Fsp3) is 0.250. The number of ether oxygens (including phenoxy) is 3. The zero-order valence-corrected chi connectivity index (χ0v) is 9.36. The molecule has 0 amide bonds. The van der Waals surface area contributed by atoms with Gasteiger partial charge in [-0.2, -0.15) is 0 Å². The lowest BCUT2D eigenvalue weighted by Gasteiger charge is -2.08. The summed E-state index contributed by atoms with van der Waals surface area (Å²) in [4.78, 5) is 11.5. The second-order valence-electron chi connectivity index (χ2n) is 2.96. The van der Waals surface area contributed by atoms with Crippen molar-refractivity contribution >= 4 is 5.97 Å². The molecule has 0 heterocycles. The Hall–Kier alpha value is -1.97. The third-order valence-electron chi connectivity index (χ3n) is 1.95. The zero-order valence-electron chi connectivity index (χ0n) is 9.36. The van der Waals surface area contributed by atoms with E-state index in [4.69, 9.17) is 14.2 Å². The van der Waals surface area contributed by atoms with Crippen LogP contribution in [0.25, 0.3) is 0 Å². The van der Waals surface area contributed by atoms with E-state index in [1.165, 1.54) is 20.3 Å². The number of carbonyl (C=O) groups excluding carboxylic acids is 1. The topological polar surface area (TPSA) is 44.8 Å². The van der Waals surface area contributed by atoms with Gasteiger partial charge in [0.25, 0.3) is 0 Å². The van der Waals surface area contributed by atoms with Crippen LogP contribution in [0.3, 0.4) is 0 Å². The first-order valence-electron chi connectivity index (χ1n) is 4.73. The number of hydrogen-bond donors (Lipinski definition) is 0. The van der Waals surface area contributed by atoms with Gasteiger partial charge >= 0.3 is 5.97 Å². The first kappa shape index (κ1) is 12.1. The molecular formula is C12H14O4. The molecule has 0 saturated carbocycles. The Morgan fingerprint density at radius 3 is 2.56 bits per heavy atom. The lowest BCUT2D eigenvalue weighted by molar-refractivity contribution is 0.0549. The van der Waals surface area contributed by atoms with E-state index in [9.17, 15) is 4.79 Å². The molecule has 1 aromatic rings. The minimum absolute atomic E-state index is 0.188. The van der Waals surface area contributed by atoms with E-state index in [1.807, 2.05) is 0 Å². The Morgan fingerprint density at radius 1 is 1.31 bits per heavy atom. The lowest BCUT2D eigenvalue weighted by Crippen LogP contribution is -2.05. The van der Waals surface area contributed by atoms with Crippen LogP contribution in [-0.4, -0.2) is 26.8 Å². The average molecular weight is 222 g/mol. The minimum atomic E-state index is -0.416. The van der Waals surface area contributed by atoms with Crippen molar-refractivity contribution in [3.63, 3.8) is 0 Å². The van der Waals surface area contributed by atoms with Crippen molar-refractivity contribution in [3.8, 4) is 11.5 Å². The highest BCUT2D eigenvalue weighted by molar-refractivity contribution is 5.90. The Morgan fingerprint density at radius 2 is 2.00 bits per heavy atom. The molecule has 0 bridgehead atoms. The van der Waals surface area contributed by atoms with Gasteiger partial charge in [-0.05, 0) is 18.2 Å². The molecule has 0 aliphatic rings. The molecule has 0 aromatic heterocycles. The van der Waals surface area contributed by atoms with Crippen LogP contribution >= 0.6 is 0 Å². The molecule has 1 rings (SSSR count). The van der Waals surface area contributed by atoms with Crippen LogP contribution in [0, 0.1) is 0 Å². The van der Waals surface area contributed by atoms with E-state index < -0.39 is 5.97 Å². The van der Waals surface area contributed by atoms with Gasteiger partial charge in [-0.25, -0.2) is 4.79 Å². The second kappa shape index (κ2) is 5.80. The summed E-state index contributed by atoms with van der Waals surface area (Å²) in [7, 11) is 3.05. The third kappa shape index (κ3) is 2.76. The monoisotopic (exact) mass is 222 g/mol. The van der Waals surface area contributed by atoms with Gasteiger partial charge in [0.1, 0.15) is 6.61 Å². The summed E-state index contributed by atoms with van der Waals surface area (Å²) in [6, 6.07) is 4.85. The van der Waals surface area contributed by atoms with E-state index in [1.54, 1.807) is 18.2 Å². The summed E-state index contributed by atoms with van der Waals surface area (Å²) in [5.74, 6) is 0.652. The van der Waals surface area contributed by atoms with Gasteiger partial charge in [-0.3, -0.25) is 0 Å². The SMILES string of the molecule is C=CCOC(=O)c1ccc(OC)c(OC)c1. The Bertz CT molecular complexity index is 385. The lowest BCUT2D eigenvalue weighted by atomic mass is 10.2. The van der Waals surface area contributed by atoms with Gasteiger partial charge in [0.05, 0.1) is 19.8 Å². The molecule has 0 aliphatic heterocycles. The maximum atomic E-state index is 11.5. The van der Waals surface area contributed by atoms with Gasteiger partial charge in [0.15, 0.2) is 11.5 Å². The highest BCUT2D eigenvalue weighted by Gasteiger charge is 2.10. The minimum Gasteiger partial charge on any atom is -0.493 e. The molecule has 0 radical (unpaired) electrons. The zero-order chi connectivity index (χ0) is 12.0.